The molecule has 1 amide bonds. The molecule has 20 heavy (non-hydrogen) atoms. The molecule has 1 atom stereocenters. The molecule has 0 aromatic heterocycles. The van der Waals surface area contributed by atoms with Crippen LogP contribution in [0.15, 0.2) is 23.1 Å². The number of carbonyl (C=O) groups excluding carboxylic acids is 1. The van der Waals surface area contributed by atoms with Gasteiger partial charge in [0.25, 0.3) is 0 Å². The molecule has 0 bridgehead atoms. The van der Waals surface area contributed by atoms with Gasteiger partial charge in [0.05, 0.1) is 4.90 Å². The molecule has 7 nitrogen and oxygen atoms in total. The molecule has 1 rings (SSSR count). The van der Waals surface area contributed by atoms with E-state index in [0.29, 0.717) is 5.56 Å². The maximum Gasteiger partial charge on any atom is 0.321 e. The van der Waals surface area contributed by atoms with E-state index >= 15 is 0 Å². The van der Waals surface area contributed by atoms with Gasteiger partial charge in [0.1, 0.15) is 6.04 Å². The summed E-state index contributed by atoms with van der Waals surface area (Å²) in [7, 11) is -4.03. The Bertz CT molecular complexity index is 639. The van der Waals surface area contributed by atoms with Crippen LogP contribution in [0, 0.1) is 6.92 Å². The molecule has 0 heterocycles. The molecule has 0 aliphatic heterocycles. The predicted octanol–water partition coefficient (Wildman–Crippen LogP) is 0.235. The number of carbonyl (C=O) groups is 2. The Labute approximate surface area is 116 Å². The summed E-state index contributed by atoms with van der Waals surface area (Å²) in [5, 5.41) is 8.87. The number of aryl methyl sites for hydroxylation is 1. The summed E-state index contributed by atoms with van der Waals surface area (Å²) in [6.07, 6.45) is 0.100. The molecule has 0 saturated carbocycles. The first-order valence-electron chi connectivity index (χ1n) is 5.84. The molecule has 0 aliphatic carbocycles. The SMILES string of the molecule is CC[C@@H](NS(=O)(=O)c1ccc(C)c(C(N)=O)c1)C(=O)O. The standard InChI is InChI=1S/C12H16N2O5S/c1-3-10(12(16)17)14-20(18,19)8-5-4-7(2)9(6-8)11(13)15/h4-6,10,14H,3H2,1-2H3,(H2,13,15)(H,16,17)/t10-/m1/s1. The Kier molecular flexibility index (Phi) is 4.85. The van der Waals surface area contributed by atoms with Gasteiger partial charge in [-0.1, -0.05) is 13.0 Å². The van der Waals surface area contributed by atoms with Crippen LogP contribution < -0.4 is 10.5 Å². The Morgan fingerprint density at radius 3 is 2.45 bits per heavy atom. The van der Waals surface area contributed by atoms with E-state index in [1.165, 1.54) is 12.1 Å². The largest absolute Gasteiger partial charge is 0.480 e. The molecule has 0 spiro atoms. The summed E-state index contributed by atoms with van der Waals surface area (Å²) in [6.45, 7) is 3.17. The molecule has 4 N–H and O–H groups in total. The van der Waals surface area contributed by atoms with E-state index in [9.17, 15) is 18.0 Å². The zero-order valence-electron chi connectivity index (χ0n) is 11.1. The molecule has 0 unspecified atom stereocenters. The second-order valence-electron chi connectivity index (χ2n) is 4.26. The number of amides is 1. The van der Waals surface area contributed by atoms with Crippen molar-refractivity contribution in [1.29, 1.82) is 0 Å². The average Bonchev–Trinajstić information content (AvgIpc) is 2.35. The minimum Gasteiger partial charge on any atom is -0.480 e. The van der Waals surface area contributed by atoms with Gasteiger partial charge in [-0.25, -0.2) is 8.42 Å². The second kappa shape index (κ2) is 6.02. The minimum absolute atomic E-state index is 0.0799. The number of rotatable bonds is 6. The number of primary amides is 1. The van der Waals surface area contributed by atoms with Crippen molar-refractivity contribution in [2.75, 3.05) is 0 Å². The molecule has 0 fully saturated rings. The highest BCUT2D eigenvalue weighted by molar-refractivity contribution is 7.89. The van der Waals surface area contributed by atoms with Gasteiger partial charge in [-0.05, 0) is 31.0 Å². The van der Waals surface area contributed by atoms with E-state index in [1.54, 1.807) is 13.8 Å². The van der Waals surface area contributed by atoms with Crippen LogP contribution in [0.1, 0.15) is 29.3 Å². The first-order valence-corrected chi connectivity index (χ1v) is 7.33. The van der Waals surface area contributed by atoms with Crippen molar-refractivity contribution < 1.29 is 23.1 Å². The third-order valence-corrected chi connectivity index (χ3v) is 4.26. The van der Waals surface area contributed by atoms with Crippen molar-refractivity contribution in [2.24, 2.45) is 5.73 Å². The number of benzene rings is 1. The van der Waals surface area contributed by atoms with Gasteiger partial charge in [0.2, 0.25) is 15.9 Å². The fraction of sp³-hybridized carbons (Fsp3) is 0.333. The highest BCUT2D eigenvalue weighted by Crippen LogP contribution is 2.16. The average molecular weight is 300 g/mol. The van der Waals surface area contributed by atoms with Crippen LogP contribution in [0.2, 0.25) is 0 Å². The molecule has 8 heteroatoms. The number of carboxylic acid groups (broad SMARTS) is 1. The Hall–Kier alpha value is -1.93. The lowest BCUT2D eigenvalue weighted by atomic mass is 10.1. The van der Waals surface area contributed by atoms with Crippen molar-refractivity contribution in [3.05, 3.63) is 29.3 Å². The quantitative estimate of drug-likeness (QED) is 0.693. The number of hydrogen-bond acceptors (Lipinski definition) is 4. The highest BCUT2D eigenvalue weighted by atomic mass is 32.2. The van der Waals surface area contributed by atoms with E-state index < -0.39 is 27.9 Å². The second-order valence-corrected chi connectivity index (χ2v) is 5.98. The van der Waals surface area contributed by atoms with Crippen LogP contribution in [-0.2, 0) is 14.8 Å². The number of sulfonamides is 1. The van der Waals surface area contributed by atoms with Crippen molar-refractivity contribution in [2.45, 2.75) is 31.2 Å². The summed E-state index contributed by atoms with van der Waals surface area (Å²) >= 11 is 0. The first kappa shape index (κ1) is 16.1. The third-order valence-electron chi connectivity index (χ3n) is 2.79. The minimum atomic E-state index is -4.03. The number of nitrogens with two attached hydrogens (primary N) is 1. The van der Waals surface area contributed by atoms with Crippen molar-refractivity contribution in [3.63, 3.8) is 0 Å². The molecule has 1 aromatic carbocycles. The Balaban J connectivity index is 3.19. The van der Waals surface area contributed by atoms with Gasteiger partial charge in [-0.2, -0.15) is 4.72 Å². The zero-order valence-corrected chi connectivity index (χ0v) is 11.9. The monoisotopic (exact) mass is 300 g/mol. The van der Waals surface area contributed by atoms with E-state index in [0.717, 1.165) is 6.07 Å². The molecule has 1 aromatic rings. The van der Waals surface area contributed by atoms with Gasteiger partial charge in [0, 0.05) is 5.56 Å². The van der Waals surface area contributed by atoms with E-state index in [-0.39, 0.29) is 16.9 Å². The lowest BCUT2D eigenvalue weighted by Gasteiger charge is -2.13. The number of hydrogen-bond donors (Lipinski definition) is 3. The molecular weight excluding hydrogens is 284 g/mol. The fourth-order valence-electron chi connectivity index (χ4n) is 1.60. The number of carboxylic acids is 1. The van der Waals surface area contributed by atoms with Crippen LogP contribution in [0.4, 0.5) is 0 Å². The maximum atomic E-state index is 12.1. The maximum absolute atomic E-state index is 12.1. The van der Waals surface area contributed by atoms with Crippen LogP contribution >= 0.6 is 0 Å². The molecule has 0 saturated heterocycles. The smallest absolute Gasteiger partial charge is 0.321 e. The lowest BCUT2D eigenvalue weighted by molar-refractivity contribution is -0.139. The van der Waals surface area contributed by atoms with Gasteiger partial charge in [0.15, 0.2) is 0 Å². The van der Waals surface area contributed by atoms with E-state index in [1.807, 2.05) is 0 Å². The predicted molar refractivity (Wildman–Crippen MR) is 71.7 cm³/mol. The van der Waals surface area contributed by atoms with E-state index in [4.69, 9.17) is 10.8 Å². The van der Waals surface area contributed by atoms with E-state index in [2.05, 4.69) is 4.72 Å². The van der Waals surface area contributed by atoms with Gasteiger partial charge < -0.3 is 10.8 Å². The summed E-state index contributed by atoms with van der Waals surface area (Å²) < 4.78 is 26.2. The molecule has 0 radical (unpaired) electrons. The molecule has 110 valence electrons. The van der Waals surface area contributed by atoms with Crippen LogP contribution in [0.3, 0.4) is 0 Å². The van der Waals surface area contributed by atoms with Gasteiger partial charge >= 0.3 is 5.97 Å². The normalized spacial score (nSPS) is 12.9. The van der Waals surface area contributed by atoms with Gasteiger partial charge in [-0.3, -0.25) is 9.59 Å². The van der Waals surface area contributed by atoms with Crippen LogP contribution in [0.25, 0.3) is 0 Å². The summed E-state index contributed by atoms with van der Waals surface area (Å²) in [5.41, 5.74) is 5.78. The summed E-state index contributed by atoms with van der Waals surface area (Å²) in [4.78, 5) is 21.9. The molecular formula is C12H16N2O5S. The molecule has 0 aliphatic rings. The number of nitrogens with one attached hydrogen (secondary N) is 1. The van der Waals surface area contributed by atoms with Crippen LogP contribution in [-0.4, -0.2) is 31.4 Å². The Morgan fingerprint density at radius 2 is 2.00 bits per heavy atom. The van der Waals surface area contributed by atoms with Crippen molar-refractivity contribution >= 4 is 21.9 Å². The summed E-state index contributed by atoms with van der Waals surface area (Å²) in [6, 6.07) is 2.64. The Morgan fingerprint density at radius 1 is 1.40 bits per heavy atom. The summed E-state index contributed by atoms with van der Waals surface area (Å²) in [5.74, 6) is -2.01. The van der Waals surface area contributed by atoms with Crippen molar-refractivity contribution in [1.82, 2.24) is 4.72 Å². The fourth-order valence-corrected chi connectivity index (χ4v) is 2.90. The van der Waals surface area contributed by atoms with Gasteiger partial charge in [-0.15, -0.1) is 0 Å². The zero-order chi connectivity index (χ0) is 15.5. The lowest BCUT2D eigenvalue weighted by Crippen LogP contribution is -2.40. The highest BCUT2D eigenvalue weighted by Gasteiger charge is 2.24. The van der Waals surface area contributed by atoms with Crippen LogP contribution in [0.5, 0.6) is 0 Å². The number of aliphatic carboxylic acids is 1. The third kappa shape index (κ3) is 3.55. The topological polar surface area (TPSA) is 127 Å². The van der Waals surface area contributed by atoms with Crippen molar-refractivity contribution in [3.8, 4) is 0 Å². The first-order chi connectivity index (χ1) is 9.19.